The Hall–Kier alpha value is -3.02. The molecule has 2 aromatic carbocycles. The van der Waals surface area contributed by atoms with Gasteiger partial charge in [0.25, 0.3) is 0 Å². The molecule has 1 aliphatic rings. The highest BCUT2D eigenvalue weighted by Gasteiger charge is 2.20. The summed E-state index contributed by atoms with van der Waals surface area (Å²) in [6, 6.07) is 16.1. The molecule has 148 valence electrons. The summed E-state index contributed by atoms with van der Waals surface area (Å²) in [6.45, 7) is 4.91. The third-order valence-corrected chi connectivity index (χ3v) is 4.79. The van der Waals surface area contributed by atoms with Crippen LogP contribution in [0.3, 0.4) is 0 Å². The maximum absolute atomic E-state index is 12.6. The van der Waals surface area contributed by atoms with Crippen LogP contribution in [0.2, 0.25) is 0 Å². The molecule has 0 atom stereocenters. The molecule has 28 heavy (non-hydrogen) atoms. The molecule has 0 radical (unpaired) electrons. The van der Waals surface area contributed by atoms with Gasteiger partial charge < -0.3 is 20.3 Å². The zero-order valence-corrected chi connectivity index (χ0v) is 16.6. The van der Waals surface area contributed by atoms with Gasteiger partial charge in [-0.2, -0.15) is 0 Å². The van der Waals surface area contributed by atoms with Crippen molar-refractivity contribution >= 4 is 11.9 Å². The Bertz CT molecular complexity index is 835. The second-order valence-corrected chi connectivity index (χ2v) is 6.73. The number of hydrogen-bond acceptors (Lipinski definition) is 3. The largest absolute Gasteiger partial charge is 0.497 e. The summed E-state index contributed by atoms with van der Waals surface area (Å²) >= 11 is 0. The first-order valence-corrected chi connectivity index (χ1v) is 9.69. The van der Waals surface area contributed by atoms with Crippen molar-refractivity contribution < 1.29 is 9.53 Å². The lowest BCUT2D eigenvalue weighted by Gasteiger charge is -2.29. The lowest BCUT2D eigenvalue weighted by atomic mass is 10.00. The topological polar surface area (TPSA) is 66.0 Å². The molecule has 2 aromatic rings. The highest BCUT2D eigenvalue weighted by Crippen LogP contribution is 2.18. The van der Waals surface area contributed by atoms with Crippen molar-refractivity contribution in [2.75, 3.05) is 26.7 Å². The maximum atomic E-state index is 12.6. The Morgan fingerprint density at radius 1 is 1.14 bits per heavy atom. The van der Waals surface area contributed by atoms with Crippen LogP contribution in [0.4, 0.5) is 0 Å². The Morgan fingerprint density at radius 2 is 1.96 bits per heavy atom. The van der Waals surface area contributed by atoms with Crippen molar-refractivity contribution in [3.8, 4) is 5.75 Å². The smallest absolute Gasteiger partial charge is 0.242 e. The van der Waals surface area contributed by atoms with E-state index in [1.165, 1.54) is 11.1 Å². The molecule has 6 heteroatoms. The zero-order valence-electron chi connectivity index (χ0n) is 16.6. The van der Waals surface area contributed by atoms with E-state index in [4.69, 9.17) is 4.74 Å². The summed E-state index contributed by atoms with van der Waals surface area (Å²) in [5.74, 6) is 1.53. The van der Waals surface area contributed by atoms with E-state index in [1.807, 2.05) is 42.2 Å². The van der Waals surface area contributed by atoms with Gasteiger partial charge >= 0.3 is 0 Å². The van der Waals surface area contributed by atoms with Gasteiger partial charge in [0, 0.05) is 19.6 Å². The fraction of sp³-hybridized carbons (Fsp3) is 0.364. The Kier molecular flexibility index (Phi) is 6.89. The molecule has 0 aliphatic carbocycles. The molecule has 0 unspecified atom stereocenters. The number of methoxy groups -OCH3 is 1. The first-order chi connectivity index (χ1) is 13.7. The van der Waals surface area contributed by atoms with Crippen molar-refractivity contribution in [1.29, 1.82) is 0 Å². The average Bonchev–Trinajstić information content (AvgIpc) is 2.75. The van der Waals surface area contributed by atoms with Crippen LogP contribution in [0.15, 0.2) is 53.5 Å². The van der Waals surface area contributed by atoms with Gasteiger partial charge in [-0.1, -0.05) is 36.4 Å². The maximum Gasteiger partial charge on any atom is 0.242 e. The summed E-state index contributed by atoms with van der Waals surface area (Å²) < 4.78 is 5.25. The Labute approximate surface area is 166 Å². The van der Waals surface area contributed by atoms with Gasteiger partial charge in [0.15, 0.2) is 5.96 Å². The van der Waals surface area contributed by atoms with Gasteiger partial charge in [-0.25, -0.2) is 4.99 Å². The molecule has 3 rings (SSSR count). The number of fused-ring (bicyclic) bond motifs is 1. The second-order valence-electron chi connectivity index (χ2n) is 6.73. The average molecular weight is 380 g/mol. The third-order valence-electron chi connectivity index (χ3n) is 4.79. The van der Waals surface area contributed by atoms with Crippen LogP contribution < -0.4 is 15.4 Å². The van der Waals surface area contributed by atoms with Crippen LogP contribution in [0.1, 0.15) is 23.6 Å². The lowest BCUT2D eigenvalue weighted by Crippen LogP contribution is -2.45. The molecule has 1 aliphatic heterocycles. The number of carbonyl (C=O) groups is 1. The van der Waals surface area contributed by atoms with Crippen LogP contribution in [0, 0.1) is 0 Å². The normalized spacial score (nSPS) is 13.6. The van der Waals surface area contributed by atoms with Crippen LogP contribution in [-0.4, -0.2) is 43.5 Å². The van der Waals surface area contributed by atoms with E-state index in [0.717, 1.165) is 30.8 Å². The number of amides is 1. The molecule has 0 fully saturated rings. The monoisotopic (exact) mass is 380 g/mol. The lowest BCUT2D eigenvalue weighted by molar-refractivity contribution is -0.130. The van der Waals surface area contributed by atoms with Crippen LogP contribution >= 0.6 is 0 Å². The summed E-state index contributed by atoms with van der Waals surface area (Å²) in [4.78, 5) is 19.1. The van der Waals surface area contributed by atoms with Crippen LogP contribution in [0.25, 0.3) is 0 Å². The van der Waals surface area contributed by atoms with Crippen molar-refractivity contribution in [2.45, 2.75) is 26.4 Å². The van der Waals surface area contributed by atoms with E-state index in [9.17, 15) is 4.79 Å². The van der Waals surface area contributed by atoms with Crippen LogP contribution in [-0.2, 0) is 24.3 Å². The fourth-order valence-corrected chi connectivity index (χ4v) is 3.26. The van der Waals surface area contributed by atoms with Crippen molar-refractivity contribution in [1.82, 2.24) is 15.5 Å². The molecular formula is C22H28N4O2. The highest BCUT2D eigenvalue weighted by atomic mass is 16.5. The summed E-state index contributed by atoms with van der Waals surface area (Å²) in [5.41, 5.74) is 3.63. The molecule has 2 N–H and O–H groups in total. The summed E-state index contributed by atoms with van der Waals surface area (Å²) in [7, 11) is 1.65. The van der Waals surface area contributed by atoms with Gasteiger partial charge in [-0.05, 0) is 42.2 Å². The number of benzene rings is 2. The minimum atomic E-state index is 0.0847. The number of aliphatic imine (C=N–C) groups is 1. The fourth-order valence-electron chi connectivity index (χ4n) is 3.26. The second kappa shape index (κ2) is 9.78. The number of nitrogens with zero attached hydrogens (tertiary/aromatic N) is 2. The van der Waals surface area contributed by atoms with Crippen molar-refractivity contribution in [3.05, 3.63) is 65.2 Å². The zero-order chi connectivity index (χ0) is 19.8. The van der Waals surface area contributed by atoms with E-state index < -0.39 is 0 Å². The standard InChI is InChI=1S/C22H28N4O2/c1-3-23-22(24-14-17-7-6-10-20(13-17)28-2)25-15-21(27)26-12-11-18-8-4-5-9-19(18)16-26/h4-10,13H,3,11-12,14-16H2,1-2H3,(H2,23,24,25). The predicted molar refractivity (Wildman–Crippen MR) is 111 cm³/mol. The third kappa shape index (κ3) is 5.25. The van der Waals surface area contributed by atoms with Gasteiger partial charge in [0.05, 0.1) is 20.2 Å². The SMILES string of the molecule is CCNC(=NCc1cccc(OC)c1)NCC(=O)N1CCc2ccccc2C1. The van der Waals surface area contributed by atoms with Crippen molar-refractivity contribution in [3.63, 3.8) is 0 Å². The van der Waals surface area contributed by atoms with E-state index in [-0.39, 0.29) is 12.5 Å². The number of ether oxygens (including phenoxy) is 1. The molecule has 1 amide bonds. The summed E-state index contributed by atoms with van der Waals surface area (Å²) in [6.07, 6.45) is 0.909. The van der Waals surface area contributed by atoms with E-state index in [1.54, 1.807) is 7.11 Å². The minimum Gasteiger partial charge on any atom is -0.497 e. The predicted octanol–water partition coefficient (Wildman–Crippen LogP) is 2.34. The van der Waals surface area contributed by atoms with Crippen molar-refractivity contribution in [2.24, 2.45) is 4.99 Å². The number of hydrogen-bond donors (Lipinski definition) is 2. The number of rotatable bonds is 6. The first kappa shape index (κ1) is 19.7. The molecule has 0 bridgehead atoms. The Balaban J connectivity index is 1.56. The van der Waals surface area contributed by atoms with E-state index in [0.29, 0.717) is 19.0 Å². The quantitative estimate of drug-likeness (QED) is 0.596. The number of carbonyl (C=O) groups excluding carboxylic acids is 1. The first-order valence-electron chi connectivity index (χ1n) is 9.69. The highest BCUT2D eigenvalue weighted by molar-refractivity contribution is 5.86. The molecule has 0 aromatic heterocycles. The Morgan fingerprint density at radius 3 is 2.75 bits per heavy atom. The van der Waals surface area contributed by atoms with Gasteiger partial charge in [0.1, 0.15) is 5.75 Å². The van der Waals surface area contributed by atoms with Gasteiger partial charge in [0.2, 0.25) is 5.91 Å². The van der Waals surface area contributed by atoms with E-state index >= 15 is 0 Å². The van der Waals surface area contributed by atoms with Gasteiger partial charge in [-0.15, -0.1) is 0 Å². The summed E-state index contributed by atoms with van der Waals surface area (Å²) in [5, 5.41) is 6.35. The molecule has 1 heterocycles. The van der Waals surface area contributed by atoms with Gasteiger partial charge in [-0.3, -0.25) is 4.79 Å². The molecule has 0 spiro atoms. The van der Waals surface area contributed by atoms with E-state index in [2.05, 4.69) is 33.8 Å². The minimum absolute atomic E-state index is 0.0847. The number of guanidine groups is 1. The molecule has 0 saturated heterocycles. The van der Waals surface area contributed by atoms with Crippen LogP contribution in [0.5, 0.6) is 5.75 Å². The molecule has 0 saturated carbocycles. The number of nitrogens with one attached hydrogen (secondary N) is 2. The molecular weight excluding hydrogens is 352 g/mol. The molecule has 6 nitrogen and oxygen atoms in total.